The highest BCUT2D eigenvalue weighted by atomic mass is 35.5. The molecule has 0 atom stereocenters. The Labute approximate surface area is 151 Å². The fraction of sp³-hybridized carbons (Fsp3) is 0.235. The van der Waals surface area contributed by atoms with Crippen molar-refractivity contribution in [3.63, 3.8) is 0 Å². The molecular formula is C17H20ClN3S2. The van der Waals surface area contributed by atoms with E-state index < -0.39 is 0 Å². The fourth-order valence-corrected chi connectivity index (χ4v) is 2.99. The number of alkyl halides is 1. The van der Waals surface area contributed by atoms with Crippen LogP contribution >= 0.6 is 35.3 Å². The van der Waals surface area contributed by atoms with E-state index in [-0.39, 0.29) is 0 Å². The highest BCUT2D eigenvalue weighted by Crippen LogP contribution is 2.32. The average molecular weight is 366 g/mol. The van der Waals surface area contributed by atoms with Crippen molar-refractivity contribution < 1.29 is 0 Å². The standard InChI is InChI=1S/C11H16ClN3S2.C6H4/c1-15(11(13)14-17-7-6-12)9-4-3-5-10(8-9)16-2;1-2-5-4-6(5)3-1/h3-5,8H,6-7H2,1-2H3,(H2,13,14);1-4H. The van der Waals surface area contributed by atoms with Crippen LogP contribution in [0.25, 0.3) is 11.1 Å². The van der Waals surface area contributed by atoms with E-state index in [0.29, 0.717) is 11.8 Å². The largest absolute Gasteiger partial charge is 0.315 e. The number of benzene rings is 2. The molecule has 0 saturated carbocycles. The number of nitrogens with zero attached hydrogens (tertiary/aromatic N) is 1. The van der Waals surface area contributed by atoms with Crippen LogP contribution in [0, 0.1) is 5.41 Å². The van der Waals surface area contributed by atoms with Crippen molar-refractivity contribution in [2.45, 2.75) is 4.90 Å². The van der Waals surface area contributed by atoms with Crippen LogP contribution in [0.3, 0.4) is 0 Å². The van der Waals surface area contributed by atoms with E-state index in [1.165, 1.54) is 28.0 Å². The smallest absolute Gasteiger partial charge is 0.205 e. The van der Waals surface area contributed by atoms with Gasteiger partial charge in [0.15, 0.2) is 0 Å². The van der Waals surface area contributed by atoms with Crippen molar-refractivity contribution in [2.75, 3.05) is 29.8 Å². The molecule has 3 nitrogen and oxygen atoms in total. The van der Waals surface area contributed by atoms with Gasteiger partial charge in [-0.25, -0.2) is 0 Å². The molecule has 0 fully saturated rings. The molecule has 0 spiro atoms. The van der Waals surface area contributed by atoms with Crippen molar-refractivity contribution in [1.82, 2.24) is 4.72 Å². The first-order chi connectivity index (χ1) is 11.2. The Bertz CT molecular complexity index is 647. The van der Waals surface area contributed by atoms with E-state index in [1.54, 1.807) is 16.7 Å². The van der Waals surface area contributed by atoms with E-state index in [1.807, 2.05) is 25.4 Å². The van der Waals surface area contributed by atoms with Gasteiger partial charge in [0.2, 0.25) is 5.96 Å². The lowest BCUT2D eigenvalue weighted by atomic mass is 10.3. The van der Waals surface area contributed by atoms with Gasteiger partial charge in [-0.15, -0.1) is 23.4 Å². The predicted molar refractivity (Wildman–Crippen MR) is 106 cm³/mol. The third-order valence-corrected chi connectivity index (χ3v) is 5.12. The van der Waals surface area contributed by atoms with Gasteiger partial charge in [0, 0.05) is 29.3 Å². The Morgan fingerprint density at radius 3 is 2.39 bits per heavy atom. The average Bonchev–Trinajstić information content (AvgIpc) is 3.20. The van der Waals surface area contributed by atoms with Gasteiger partial charge in [0.05, 0.1) is 0 Å². The molecule has 0 heterocycles. The topological polar surface area (TPSA) is 39.1 Å². The molecule has 3 rings (SSSR count). The molecule has 1 aromatic rings. The molecule has 2 aliphatic rings. The Morgan fingerprint density at radius 1 is 1.17 bits per heavy atom. The van der Waals surface area contributed by atoms with Crippen LogP contribution in [-0.4, -0.2) is 30.9 Å². The first-order valence-electron chi connectivity index (χ1n) is 7.16. The van der Waals surface area contributed by atoms with E-state index in [9.17, 15) is 0 Å². The monoisotopic (exact) mass is 365 g/mol. The van der Waals surface area contributed by atoms with Gasteiger partial charge in [-0.2, -0.15) is 0 Å². The zero-order valence-electron chi connectivity index (χ0n) is 13.2. The molecule has 0 amide bonds. The summed E-state index contributed by atoms with van der Waals surface area (Å²) in [5.74, 6) is 1.72. The number of hydrogen-bond acceptors (Lipinski definition) is 3. The van der Waals surface area contributed by atoms with Crippen LogP contribution in [0.15, 0.2) is 53.4 Å². The number of rotatable bonds is 5. The number of anilines is 1. The Kier molecular flexibility index (Phi) is 7.15. The molecule has 6 heteroatoms. The Hall–Kier alpha value is -1.30. The number of guanidine groups is 1. The predicted octanol–water partition coefficient (Wildman–Crippen LogP) is 4.92. The molecule has 0 radical (unpaired) electrons. The van der Waals surface area contributed by atoms with Crippen LogP contribution < -0.4 is 9.62 Å². The van der Waals surface area contributed by atoms with Crippen LogP contribution in [0.2, 0.25) is 0 Å². The van der Waals surface area contributed by atoms with E-state index in [4.69, 9.17) is 17.0 Å². The van der Waals surface area contributed by atoms with Crippen molar-refractivity contribution in [3.05, 3.63) is 48.5 Å². The third kappa shape index (κ3) is 5.68. The summed E-state index contributed by atoms with van der Waals surface area (Å²) in [6.07, 6.45) is 2.04. The van der Waals surface area contributed by atoms with Crippen LogP contribution in [0.1, 0.15) is 0 Å². The van der Waals surface area contributed by atoms with Crippen molar-refractivity contribution >= 4 is 47.0 Å². The highest BCUT2D eigenvalue weighted by molar-refractivity contribution is 7.98. The quantitative estimate of drug-likeness (QED) is 0.168. The van der Waals surface area contributed by atoms with Crippen LogP contribution in [0.4, 0.5) is 5.69 Å². The second kappa shape index (κ2) is 9.11. The zero-order chi connectivity index (χ0) is 16.7. The van der Waals surface area contributed by atoms with Crippen molar-refractivity contribution in [3.8, 4) is 11.1 Å². The second-order valence-corrected chi connectivity index (χ2v) is 6.99. The molecule has 23 heavy (non-hydrogen) atoms. The summed E-state index contributed by atoms with van der Waals surface area (Å²) in [5.41, 5.74) is 3.85. The van der Waals surface area contributed by atoms with Crippen LogP contribution in [-0.2, 0) is 0 Å². The summed E-state index contributed by atoms with van der Waals surface area (Å²) in [6.45, 7) is 0. The number of halogens is 1. The molecule has 0 bridgehead atoms. The summed E-state index contributed by atoms with van der Waals surface area (Å²) < 4.78 is 2.95. The van der Waals surface area contributed by atoms with Gasteiger partial charge >= 0.3 is 0 Å². The summed E-state index contributed by atoms with van der Waals surface area (Å²) in [5, 5.41) is 7.88. The Balaban J connectivity index is 0.000000260. The van der Waals surface area contributed by atoms with Gasteiger partial charge in [0.1, 0.15) is 0 Å². The van der Waals surface area contributed by atoms with Gasteiger partial charge < -0.3 is 9.62 Å². The molecule has 2 N–H and O–H groups in total. The third-order valence-electron chi connectivity index (χ3n) is 3.24. The molecule has 0 unspecified atom stereocenters. The van der Waals surface area contributed by atoms with Gasteiger partial charge in [-0.3, -0.25) is 5.41 Å². The normalized spacial score (nSPS) is 10.4. The fourth-order valence-electron chi connectivity index (χ4n) is 1.85. The SMILES string of the molecule is CSc1cccc(N(C)C(=N)NSCCCl)c1.c1cc2cc-2c1. The lowest BCUT2D eigenvalue weighted by Crippen LogP contribution is -2.34. The second-order valence-electron chi connectivity index (χ2n) is 4.83. The van der Waals surface area contributed by atoms with Gasteiger partial charge in [-0.1, -0.05) is 24.3 Å². The van der Waals surface area contributed by atoms with E-state index in [0.717, 1.165) is 11.4 Å². The maximum Gasteiger partial charge on any atom is 0.205 e. The Morgan fingerprint density at radius 2 is 1.87 bits per heavy atom. The zero-order valence-corrected chi connectivity index (χ0v) is 15.6. The summed E-state index contributed by atoms with van der Waals surface area (Å²) in [6, 6.07) is 16.6. The summed E-state index contributed by atoms with van der Waals surface area (Å²) in [4.78, 5) is 3.00. The highest BCUT2D eigenvalue weighted by Gasteiger charge is 2.07. The molecule has 0 saturated heterocycles. The minimum atomic E-state index is 0.360. The molecule has 2 aliphatic carbocycles. The summed E-state index contributed by atoms with van der Waals surface area (Å²) in [7, 11) is 1.87. The minimum absolute atomic E-state index is 0.360. The molecule has 0 aromatic heterocycles. The first-order valence-corrected chi connectivity index (χ1v) is 9.90. The van der Waals surface area contributed by atoms with Crippen molar-refractivity contribution in [2.24, 2.45) is 0 Å². The van der Waals surface area contributed by atoms with E-state index >= 15 is 0 Å². The van der Waals surface area contributed by atoms with E-state index in [2.05, 4.69) is 41.1 Å². The number of thioether (sulfide) groups is 1. The molecule has 1 aromatic carbocycles. The maximum absolute atomic E-state index is 7.88. The summed E-state index contributed by atoms with van der Waals surface area (Å²) >= 11 is 8.71. The first kappa shape index (κ1) is 18.0. The molecule has 122 valence electrons. The number of hydrogen-bond donors (Lipinski definition) is 2. The van der Waals surface area contributed by atoms with Crippen molar-refractivity contribution in [1.29, 1.82) is 5.41 Å². The number of fused-ring (bicyclic) bond motifs is 1. The van der Waals surface area contributed by atoms with Crippen LogP contribution in [0.5, 0.6) is 0 Å². The molecule has 0 aliphatic heterocycles. The lowest BCUT2D eigenvalue weighted by Gasteiger charge is -2.20. The van der Waals surface area contributed by atoms with Gasteiger partial charge in [0.25, 0.3) is 0 Å². The maximum atomic E-state index is 7.88. The van der Waals surface area contributed by atoms with Gasteiger partial charge in [-0.05, 0) is 53.6 Å². The molecular weight excluding hydrogens is 346 g/mol. The number of nitrogens with one attached hydrogen (secondary N) is 2. The lowest BCUT2D eigenvalue weighted by molar-refractivity contribution is 1.16. The minimum Gasteiger partial charge on any atom is -0.315 e.